The van der Waals surface area contributed by atoms with Crippen molar-refractivity contribution in [3.8, 4) is 0 Å². The molecule has 1 saturated heterocycles. The zero-order valence-electron chi connectivity index (χ0n) is 8.85. The van der Waals surface area contributed by atoms with E-state index in [1.165, 1.54) is 0 Å². The van der Waals surface area contributed by atoms with Crippen LogP contribution in [-0.4, -0.2) is 29.2 Å². The standard InChI is InChI=1S/C12H16O3/c1-7(13)12-6-2-3-8(11(12)14)9-4-5-10(12)15-9/h4-5,7-10,13H,2-3,6H2,1H3/t7-,8-,9-,10+,12-/m0/s1. The first-order valence-electron chi connectivity index (χ1n) is 5.72. The molecule has 82 valence electrons. The summed E-state index contributed by atoms with van der Waals surface area (Å²) in [6.07, 6.45) is 5.86. The average molecular weight is 208 g/mol. The van der Waals surface area contributed by atoms with Gasteiger partial charge in [0.1, 0.15) is 0 Å². The van der Waals surface area contributed by atoms with E-state index in [1.54, 1.807) is 6.92 Å². The average Bonchev–Trinajstić information content (AvgIpc) is 2.62. The predicted molar refractivity (Wildman–Crippen MR) is 54.3 cm³/mol. The molecule has 3 aliphatic rings. The lowest BCUT2D eigenvalue weighted by Gasteiger charge is -2.49. The van der Waals surface area contributed by atoms with Crippen molar-refractivity contribution in [1.29, 1.82) is 0 Å². The Hall–Kier alpha value is -0.670. The number of rotatable bonds is 1. The van der Waals surface area contributed by atoms with Gasteiger partial charge >= 0.3 is 0 Å². The molecule has 3 nitrogen and oxygen atoms in total. The molecule has 0 spiro atoms. The molecule has 1 N–H and O–H groups in total. The summed E-state index contributed by atoms with van der Waals surface area (Å²) in [7, 11) is 0. The lowest BCUT2D eigenvalue weighted by atomic mass is 9.61. The molecule has 1 saturated carbocycles. The van der Waals surface area contributed by atoms with E-state index in [0.717, 1.165) is 19.3 Å². The summed E-state index contributed by atoms with van der Waals surface area (Å²) in [6.45, 7) is 1.72. The summed E-state index contributed by atoms with van der Waals surface area (Å²) in [5.41, 5.74) is -0.646. The van der Waals surface area contributed by atoms with Crippen LogP contribution < -0.4 is 0 Å². The summed E-state index contributed by atoms with van der Waals surface area (Å²) >= 11 is 0. The van der Waals surface area contributed by atoms with Crippen LogP contribution in [0.2, 0.25) is 0 Å². The molecule has 2 fully saturated rings. The van der Waals surface area contributed by atoms with Crippen molar-refractivity contribution in [3.63, 3.8) is 0 Å². The molecule has 0 aromatic rings. The smallest absolute Gasteiger partial charge is 0.150 e. The van der Waals surface area contributed by atoms with Crippen molar-refractivity contribution >= 4 is 5.78 Å². The van der Waals surface area contributed by atoms with Gasteiger partial charge < -0.3 is 9.84 Å². The second kappa shape index (κ2) is 2.92. The van der Waals surface area contributed by atoms with Gasteiger partial charge in [-0.1, -0.05) is 18.6 Å². The normalized spacial score (nSPS) is 49.5. The topological polar surface area (TPSA) is 46.5 Å². The zero-order chi connectivity index (χ0) is 10.6. The molecule has 0 radical (unpaired) electrons. The van der Waals surface area contributed by atoms with Crippen LogP contribution in [0.3, 0.4) is 0 Å². The Bertz CT molecular complexity index is 334. The molecule has 0 aromatic carbocycles. The molecule has 5 atom stereocenters. The SMILES string of the molecule is C[C@H](O)[C@]12CCC[C@H](C1=O)[C@@H]1C=C[C@H]2O1. The van der Waals surface area contributed by atoms with E-state index in [1.807, 2.05) is 12.2 Å². The van der Waals surface area contributed by atoms with Crippen LogP contribution in [0.4, 0.5) is 0 Å². The fraction of sp³-hybridized carbons (Fsp3) is 0.750. The van der Waals surface area contributed by atoms with Crippen molar-refractivity contribution in [3.05, 3.63) is 12.2 Å². The van der Waals surface area contributed by atoms with Crippen LogP contribution in [0.5, 0.6) is 0 Å². The highest BCUT2D eigenvalue weighted by Crippen LogP contribution is 2.51. The molecule has 3 heteroatoms. The molecule has 4 bridgehead atoms. The second-order valence-corrected chi connectivity index (χ2v) is 4.99. The molecule has 0 amide bonds. The van der Waals surface area contributed by atoms with Crippen LogP contribution in [0.15, 0.2) is 12.2 Å². The maximum atomic E-state index is 12.4. The number of carbonyl (C=O) groups is 1. The largest absolute Gasteiger partial charge is 0.392 e. The van der Waals surface area contributed by atoms with E-state index in [4.69, 9.17) is 4.74 Å². The third-order valence-corrected chi connectivity index (χ3v) is 4.33. The Labute approximate surface area is 89.1 Å². The highest BCUT2D eigenvalue weighted by atomic mass is 16.5. The Morgan fingerprint density at radius 1 is 1.60 bits per heavy atom. The molecule has 2 aliphatic heterocycles. The van der Waals surface area contributed by atoms with Crippen LogP contribution in [0.1, 0.15) is 26.2 Å². The van der Waals surface area contributed by atoms with Crippen molar-refractivity contribution in [1.82, 2.24) is 0 Å². The van der Waals surface area contributed by atoms with Crippen LogP contribution in [-0.2, 0) is 9.53 Å². The minimum Gasteiger partial charge on any atom is -0.392 e. The summed E-state index contributed by atoms with van der Waals surface area (Å²) in [4.78, 5) is 12.4. The van der Waals surface area contributed by atoms with Crippen molar-refractivity contribution in [2.75, 3.05) is 0 Å². The van der Waals surface area contributed by atoms with Gasteiger partial charge in [0.05, 0.1) is 23.7 Å². The highest BCUT2D eigenvalue weighted by molar-refractivity contribution is 5.91. The van der Waals surface area contributed by atoms with Gasteiger partial charge in [-0.3, -0.25) is 4.79 Å². The van der Waals surface area contributed by atoms with Gasteiger partial charge in [0.2, 0.25) is 0 Å². The molecule has 15 heavy (non-hydrogen) atoms. The highest BCUT2D eigenvalue weighted by Gasteiger charge is 2.60. The number of hydrogen-bond donors (Lipinski definition) is 1. The Balaban J connectivity index is 2.09. The Kier molecular flexibility index (Phi) is 1.86. The number of ether oxygens (including phenoxy) is 1. The summed E-state index contributed by atoms with van der Waals surface area (Å²) < 4.78 is 5.81. The van der Waals surface area contributed by atoms with Gasteiger partial charge in [0.25, 0.3) is 0 Å². The van der Waals surface area contributed by atoms with Crippen molar-refractivity contribution in [2.24, 2.45) is 11.3 Å². The van der Waals surface area contributed by atoms with E-state index in [9.17, 15) is 9.90 Å². The first-order chi connectivity index (χ1) is 7.16. The third-order valence-electron chi connectivity index (χ3n) is 4.33. The number of ketones is 1. The third kappa shape index (κ3) is 1.00. The van der Waals surface area contributed by atoms with Crippen molar-refractivity contribution < 1.29 is 14.6 Å². The monoisotopic (exact) mass is 208 g/mol. The number of aliphatic hydroxyl groups excluding tert-OH is 1. The molecule has 0 aromatic heterocycles. The van der Waals surface area contributed by atoms with E-state index in [0.29, 0.717) is 0 Å². The molecule has 1 aliphatic carbocycles. The first-order valence-corrected chi connectivity index (χ1v) is 5.72. The number of Topliss-reactive ketones (excluding diaryl/α,β-unsaturated/α-hetero) is 1. The number of hydrogen-bond acceptors (Lipinski definition) is 3. The molecule has 2 heterocycles. The van der Waals surface area contributed by atoms with E-state index in [-0.39, 0.29) is 23.9 Å². The fourth-order valence-electron chi connectivity index (χ4n) is 3.45. The fourth-order valence-corrected chi connectivity index (χ4v) is 3.45. The van der Waals surface area contributed by atoms with Gasteiger partial charge in [-0.05, 0) is 19.8 Å². The van der Waals surface area contributed by atoms with E-state index < -0.39 is 11.5 Å². The number of carbonyl (C=O) groups excluding carboxylic acids is 1. The second-order valence-electron chi connectivity index (χ2n) is 4.99. The lowest BCUT2D eigenvalue weighted by molar-refractivity contribution is -0.182. The van der Waals surface area contributed by atoms with E-state index >= 15 is 0 Å². The summed E-state index contributed by atoms with van der Waals surface area (Å²) in [5, 5.41) is 9.94. The molecule has 0 unspecified atom stereocenters. The predicted octanol–water partition coefficient (Wildman–Crippen LogP) is 1.06. The van der Waals surface area contributed by atoms with Gasteiger partial charge in [-0.15, -0.1) is 0 Å². The van der Waals surface area contributed by atoms with Gasteiger partial charge in [0.15, 0.2) is 5.78 Å². The zero-order valence-corrected chi connectivity index (χ0v) is 8.85. The van der Waals surface area contributed by atoms with Gasteiger partial charge in [0, 0.05) is 5.92 Å². The quantitative estimate of drug-likeness (QED) is 0.655. The van der Waals surface area contributed by atoms with E-state index in [2.05, 4.69) is 0 Å². The molecular formula is C12H16O3. The van der Waals surface area contributed by atoms with Crippen molar-refractivity contribution in [2.45, 2.75) is 44.5 Å². The summed E-state index contributed by atoms with van der Waals surface area (Å²) in [6, 6.07) is 0. The number of aliphatic hydroxyl groups is 1. The lowest BCUT2D eigenvalue weighted by Crippen LogP contribution is -2.59. The molecular weight excluding hydrogens is 192 g/mol. The number of fused-ring (bicyclic) bond motifs is 6. The van der Waals surface area contributed by atoms with Crippen LogP contribution in [0, 0.1) is 11.3 Å². The molecule has 3 rings (SSSR count). The minimum absolute atomic E-state index is 0.0108. The van der Waals surface area contributed by atoms with Gasteiger partial charge in [-0.2, -0.15) is 0 Å². The maximum absolute atomic E-state index is 12.4. The van der Waals surface area contributed by atoms with Gasteiger partial charge in [-0.25, -0.2) is 0 Å². The van der Waals surface area contributed by atoms with Crippen LogP contribution >= 0.6 is 0 Å². The summed E-state index contributed by atoms with van der Waals surface area (Å²) in [5.74, 6) is 0.221. The minimum atomic E-state index is -0.646. The Morgan fingerprint density at radius 2 is 2.40 bits per heavy atom. The Morgan fingerprint density at radius 3 is 3.13 bits per heavy atom. The van der Waals surface area contributed by atoms with Crippen LogP contribution in [0.25, 0.3) is 0 Å². The maximum Gasteiger partial charge on any atom is 0.150 e. The first kappa shape index (κ1) is 9.55.